The molecule has 0 atom stereocenters. The van der Waals surface area contributed by atoms with E-state index in [-0.39, 0.29) is 34.1 Å². The number of halogens is 3. The van der Waals surface area contributed by atoms with Crippen LogP contribution in [0.25, 0.3) is 0 Å². The zero-order valence-electron chi connectivity index (χ0n) is 14.9. The van der Waals surface area contributed by atoms with Crippen LogP contribution in [0.5, 0.6) is 0 Å². The lowest BCUT2D eigenvalue weighted by Gasteiger charge is -2.16. The zero-order chi connectivity index (χ0) is 22.4. The Balaban J connectivity index is 2.10. The second kappa shape index (κ2) is 11.1. The third-order valence-corrected chi connectivity index (χ3v) is 6.85. The predicted octanol–water partition coefficient (Wildman–Crippen LogP) is 3.76. The summed E-state index contributed by atoms with van der Waals surface area (Å²) in [4.78, 5) is 47.2. The van der Waals surface area contributed by atoms with Crippen molar-refractivity contribution in [1.82, 2.24) is 5.32 Å². The molecule has 2 rings (SSSR count). The number of nitrogens with one attached hydrogen (secondary N) is 2. The predicted molar refractivity (Wildman–Crippen MR) is 132 cm³/mol. The van der Waals surface area contributed by atoms with Crippen LogP contribution in [0, 0.1) is 10.7 Å². The van der Waals surface area contributed by atoms with E-state index in [2.05, 4.69) is 10.6 Å². The van der Waals surface area contributed by atoms with Gasteiger partial charge in [0.15, 0.2) is 0 Å². The maximum atomic E-state index is 12.3. The van der Waals surface area contributed by atoms with Crippen molar-refractivity contribution in [3.8, 4) is 0 Å². The molecule has 0 aliphatic heterocycles. The van der Waals surface area contributed by atoms with Gasteiger partial charge in [-0.25, -0.2) is 14.4 Å². The lowest BCUT2D eigenvalue weighted by molar-refractivity contribution is -0.115. The highest BCUT2D eigenvalue weighted by Gasteiger charge is 2.28. The minimum atomic E-state index is -1.32. The number of anilines is 1. The normalized spacial score (nSPS) is 10.2. The number of amides is 2. The number of hydrogen-bond acceptors (Lipinski definition) is 5. The van der Waals surface area contributed by atoms with Crippen LogP contribution in [0.2, 0.25) is 0 Å². The molecule has 0 spiro atoms. The summed E-state index contributed by atoms with van der Waals surface area (Å²) in [5.41, 5.74) is 0.387. The van der Waals surface area contributed by atoms with Crippen molar-refractivity contribution in [3.63, 3.8) is 0 Å². The second-order valence-electron chi connectivity index (χ2n) is 5.64. The quantitative estimate of drug-likeness (QED) is 0.316. The molecule has 12 heteroatoms. The molecule has 2 aromatic carbocycles. The molecule has 2 aromatic rings. The Kier molecular flexibility index (Phi) is 9.08. The molecule has 0 aromatic heterocycles. The average Bonchev–Trinajstić information content (AvgIpc) is 2.68. The molecule has 0 aliphatic rings. The topological polar surface area (TPSA) is 142 Å². The SMILES string of the molecule is O=C(CNC(=O)OCc1ccccc1)Nc1c(I)c(C(=O)O)c(I)c(C(=O)O)c1I. The summed E-state index contributed by atoms with van der Waals surface area (Å²) in [7, 11) is 0. The van der Waals surface area contributed by atoms with Crippen LogP contribution in [-0.4, -0.2) is 40.7 Å². The number of carboxylic acids is 2. The van der Waals surface area contributed by atoms with Crippen LogP contribution < -0.4 is 10.6 Å². The molecule has 0 aliphatic carbocycles. The summed E-state index contributed by atoms with van der Waals surface area (Å²) >= 11 is 5.12. The second-order valence-corrected chi connectivity index (χ2v) is 8.88. The van der Waals surface area contributed by atoms with Gasteiger partial charge in [0.1, 0.15) is 13.2 Å². The molecule has 2 amide bonds. The van der Waals surface area contributed by atoms with E-state index in [1.807, 2.05) is 6.07 Å². The average molecular weight is 750 g/mol. The van der Waals surface area contributed by atoms with Gasteiger partial charge in [0.25, 0.3) is 0 Å². The minimum absolute atomic E-state index is 0.0329. The third-order valence-electron chi connectivity index (χ3n) is 3.62. The molecule has 0 bridgehead atoms. The molecule has 4 N–H and O–H groups in total. The summed E-state index contributed by atoms with van der Waals surface area (Å²) in [5, 5.41) is 23.6. The van der Waals surface area contributed by atoms with Crippen molar-refractivity contribution in [1.29, 1.82) is 0 Å². The highest BCUT2D eigenvalue weighted by atomic mass is 127. The Bertz CT molecular complexity index is 972. The molecule has 0 radical (unpaired) electrons. The number of carbonyl (C=O) groups excluding carboxylic acids is 2. The number of hydrogen-bond donors (Lipinski definition) is 4. The van der Waals surface area contributed by atoms with Gasteiger partial charge in [0.2, 0.25) is 5.91 Å². The van der Waals surface area contributed by atoms with Crippen molar-refractivity contribution in [3.05, 3.63) is 57.7 Å². The Morgan fingerprint density at radius 1 is 0.867 bits per heavy atom. The van der Waals surface area contributed by atoms with Gasteiger partial charge in [0.05, 0.1) is 24.0 Å². The number of benzene rings is 2. The highest BCUT2D eigenvalue weighted by Crippen LogP contribution is 2.35. The number of carboxylic acid groups (broad SMARTS) is 2. The standard InChI is InChI=1S/C18H13I3N2O7/c19-12-10(16(25)26)13(20)15(14(21)11(12)17(27)28)23-9(24)6-22-18(29)30-7-8-4-2-1-3-5-8/h1-5H,6-7H2,(H,22,29)(H,23,24)(H,25,26)(H,27,28). The molecular weight excluding hydrogens is 737 g/mol. The molecule has 0 unspecified atom stereocenters. The van der Waals surface area contributed by atoms with Crippen LogP contribution in [0.15, 0.2) is 30.3 Å². The van der Waals surface area contributed by atoms with E-state index in [1.54, 1.807) is 92.0 Å². The van der Waals surface area contributed by atoms with E-state index < -0.39 is 30.5 Å². The minimum Gasteiger partial charge on any atom is -0.478 e. The van der Waals surface area contributed by atoms with Gasteiger partial charge in [-0.1, -0.05) is 30.3 Å². The van der Waals surface area contributed by atoms with Gasteiger partial charge in [-0.3, -0.25) is 4.79 Å². The van der Waals surface area contributed by atoms with Gasteiger partial charge in [-0.05, 0) is 73.3 Å². The fourth-order valence-electron chi connectivity index (χ4n) is 2.26. The number of carbonyl (C=O) groups is 4. The smallest absolute Gasteiger partial charge is 0.407 e. The highest BCUT2D eigenvalue weighted by molar-refractivity contribution is 14.1. The number of ether oxygens (including phenoxy) is 1. The van der Waals surface area contributed by atoms with Crippen LogP contribution in [-0.2, 0) is 16.1 Å². The van der Waals surface area contributed by atoms with Gasteiger partial charge in [0, 0.05) is 3.57 Å². The first-order valence-corrected chi connectivity index (χ1v) is 11.3. The van der Waals surface area contributed by atoms with Crippen LogP contribution in [0.3, 0.4) is 0 Å². The lowest BCUT2D eigenvalue weighted by Crippen LogP contribution is -2.33. The van der Waals surface area contributed by atoms with Gasteiger partial charge >= 0.3 is 18.0 Å². The van der Waals surface area contributed by atoms with E-state index in [4.69, 9.17) is 4.74 Å². The van der Waals surface area contributed by atoms with Crippen LogP contribution in [0.4, 0.5) is 10.5 Å². The summed E-state index contributed by atoms with van der Waals surface area (Å²) < 4.78 is 5.42. The first-order chi connectivity index (χ1) is 14.1. The molecular formula is C18H13I3N2O7. The molecule has 0 fully saturated rings. The molecule has 158 valence electrons. The summed E-state index contributed by atoms with van der Waals surface area (Å²) in [6.07, 6.45) is -0.807. The van der Waals surface area contributed by atoms with E-state index in [0.717, 1.165) is 5.56 Å². The summed E-state index contributed by atoms with van der Waals surface area (Å²) in [6, 6.07) is 8.98. The number of aromatic carboxylic acids is 2. The van der Waals surface area contributed by atoms with E-state index in [0.29, 0.717) is 0 Å². The summed E-state index contributed by atoms with van der Waals surface area (Å²) in [6.45, 7) is -0.415. The first kappa shape index (κ1) is 24.6. The Hall–Kier alpha value is -1.69. The first-order valence-electron chi connectivity index (χ1n) is 8.04. The summed E-state index contributed by atoms with van der Waals surface area (Å²) in [5.74, 6) is -3.31. The number of alkyl carbamates (subject to hydrolysis) is 1. The van der Waals surface area contributed by atoms with Crippen LogP contribution >= 0.6 is 67.8 Å². The van der Waals surface area contributed by atoms with Crippen molar-refractivity contribution < 1.29 is 34.1 Å². The van der Waals surface area contributed by atoms with E-state index in [1.165, 1.54) is 0 Å². The van der Waals surface area contributed by atoms with Crippen molar-refractivity contribution >= 4 is 97.4 Å². The lowest BCUT2D eigenvalue weighted by atomic mass is 10.1. The monoisotopic (exact) mass is 750 g/mol. The maximum absolute atomic E-state index is 12.3. The fraction of sp³-hybridized carbons (Fsp3) is 0.111. The third kappa shape index (κ3) is 6.16. The van der Waals surface area contributed by atoms with Crippen LogP contribution in [0.1, 0.15) is 26.3 Å². The maximum Gasteiger partial charge on any atom is 0.407 e. The molecule has 0 saturated heterocycles. The molecule has 9 nitrogen and oxygen atoms in total. The number of rotatable bonds is 7. The van der Waals surface area contributed by atoms with E-state index in [9.17, 15) is 29.4 Å². The Morgan fingerprint density at radius 2 is 1.40 bits per heavy atom. The van der Waals surface area contributed by atoms with Crippen molar-refractivity contribution in [2.75, 3.05) is 11.9 Å². The Morgan fingerprint density at radius 3 is 1.90 bits per heavy atom. The zero-order valence-corrected chi connectivity index (χ0v) is 21.3. The van der Waals surface area contributed by atoms with Crippen molar-refractivity contribution in [2.45, 2.75) is 6.61 Å². The van der Waals surface area contributed by atoms with Gasteiger partial charge in [-0.2, -0.15) is 0 Å². The van der Waals surface area contributed by atoms with E-state index >= 15 is 0 Å². The van der Waals surface area contributed by atoms with Gasteiger partial charge in [-0.15, -0.1) is 0 Å². The van der Waals surface area contributed by atoms with Gasteiger partial charge < -0.3 is 25.6 Å². The molecule has 0 heterocycles. The largest absolute Gasteiger partial charge is 0.478 e. The fourth-order valence-corrected chi connectivity index (χ4v) is 6.62. The van der Waals surface area contributed by atoms with Crippen molar-refractivity contribution in [2.24, 2.45) is 0 Å². The molecule has 30 heavy (non-hydrogen) atoms. The Labute approximate surface area is 211 Å². The molecule has 0 saturated carbocycles.